The van der Waals surface area contributed by atoms with Crippen molar-refractivity contribution in [2.45, 2.75) is 17.4 Å². The van der Waals surface area contributed by atoms with E-state index in [1.165, 1.54) is 14.2 Å². The second kappa shape index (κ2) is 8.10. The van der Waals surface area contributed by atoms with Gasteiger partial charge in [0.2, 0.25) is 0 Å². The zero-order chi connectivity index (χ0) is 16.0. The van der Waals surface area contributed by atoms with Crippen molar-refractivity contribution in [1.29, 1.82) is 0 Å². The zero-order valence-corrected chi connectivity index (χ0v) is 13.8. The van der Waals surface area contributed by atoms with E-state index in [1.807, 2.05) is 0 Å². The summed E-state index contributed by atoms with van der Waals surface area (Å²) in [6, 6.07) is 3.41. The largest absolute Gasteiger partial charge is 0.495 e. The van der Waals surface area contributed by atoms with Gasteiger partial charge in [-0.05, 0) is 12.5 Å². The third kappa shape index (κ3) is 5.56. The van der Waals surface area contributed by atoms with Crippen molar-refractivity contribution in [3.05, 3.63) is 22.7 Å². The van der Waals surface area contributed by atoms with Crippen LogP contribution in [-0.4, -0.2) is 33.6 Å². The van der Waals surface area contributed by atoms with Gasteiger partial charge in [0.05, 0.1) is 14.2 Å². The molecule has 1 aromatic rings. The molecule has 0 spiro atoms. The first-order valence-corrected chi connectivity index (χ1v) is 7.28. The molecule has 0 saturated heterocycles. The molecule has 0 amide bonds. The molecule has 0 bridgehead atoms. The topological polar surface area (TPSA) is 27.7 Å². The summed E-state index contributed by atoms with van der Waals surface area (Å²) in [6.07, 6.45) is -3.97. The average Bonchev–Trinajstić information content (AvgIpc) is 2.41. The molecular formula is C13H15BrClF3O3. The smallest absolute Gasteiger partial charge is 0.411 e. The van der Waals surface area contributed by atoms with E-state index in [-0.39, 0.29) is 11.4 Å². The van der Waals surface area contributed by atoms with Crippen LogP contribution in [0.1, 0.15) is 16.8 Å². The second-order valence-corrected chi connectivity index (χ2v) is 5.61. The molecule has 8 heteroatoms. The highest BCUT2D eigenvalue weighted by Crippen LogP contribution is 2.42. The van der Waals surface area contributed by atoms with Gasteiger partial charge in [0.25, 0.3) is 0 Å². The fraction of sp³-hybridized carbons (Fsp3) is 0.538. The van der Waals surface area contributed by atoms with Crippen molar-refractivity contribution in [2.24, 2.45) is 0 Å². The van der Waals surface area contributed by atoms with Crippen LogP contribution in [-0.2, 0) is 4.74 Å². The number of benzene rings is 1. The summed E-state index contributed by atoms with van der Waals surface area (Å²) in [6.45, 7) is -1.30. The normalized spacial score (nSPS) is 13.1. The van der Waals surface area contributed by atoms with Gasteiger partial charge in [0.15, 0.2) is 0 Å². The Bertz CT molecular complexity index is 469. The van der Waals surface area contributed by atoms with E-state index in [0.29, 0.717) is 22.9 Å². The van der Waals surface area contributed by atoms with Crippen molar-refractivity contribution in [3.8, 4) is 11.5 Å². The molecule has 0 aliphatic rings. The van der Waals surface area contributed by atoms with Crippen LogP contribution >= 0.6 is 27.5 Å². The van der Waals surface area contributed by atoms with Crippen LogP contribution in [0.25, 0.3) is 0 Å². The molecule has 3 nitrogen and oxygen atoms in total. The monoisotopic (exact) mass is 390 g/mol. The van der Waals surface area contributed by atoms with Gasteiger partial charge in [0, 0.05) is 17.0 Å². The van der Waals surface area contributed by atoms with Crippen molar-refractivity contribution >= 4 is 27.5 Å². The van der Waals surface area contributed by atoms with E-state index in [0.717, 1.165) is 5.56 Å². The lowest BCUT2D eigenvalue weighted by Gasteiger charge is -2.17. The standard InChI is InChI=1S/C13H15BrClF3O3/c1-19-10-4-3-8(12(20-2)11(10)15)9(14)5-6-21-7-13(16,17)18/h3-4,9H,5-7H2,1-2H3. The van der Waals surface area contributed by atoms with Crippen molar-refractivity contribution < 1.29 is 27.4 Å². The number of halogens is 5. The minimum absolute atomic E-state index is 0.0395. The number of ether oxygens (including phenoxy) is 3. The highest BCUT2D eigenvalue weighted by Gasteiger charge is 2.27. The second-order valence-electron chi connectivity index (χ2n) is 4.13. The molecule has 1 unspecified atom stereocenters. The number of methoxy groups -OCH3 is 2. The molecule has 0 aromatic heterocycles. The van der Waals surface area contributed by atoms with Crippen molar-refractivity contribution in [3.63, 3.8) is 0 Å². The predicted octanol–water partition coefficient (Wildman–Crippen LogP) is 4.76. The van der Waals surface area contributed by atoms with Crippen molar-refractivity contribution in [1.82, 2.24) is 0 Å². The third-order valence-corrected chi connectivity index (χ3v) is 3.94. The Hall–Kier alpha value is -0.660. The van der Waals surface area contributed by atoms with Crippen LogP contribution in [0.5, 0.6) is 11.5 Å². The van der Waals surface area contributed by atoms with E-state index in [1.54, 1.807) is 12.1 Å². The maximum Gasteiger partial charge on any atom is 0.411 e. The van der Waals surface area contributed by atoms with Crippen LogP contribution in [0, 0.1) is 0 Å². The molecule has 0 N–H and O–H groups in total. The van der Waals surface area contributed by atoms with Gasteiger partial charge < -0.3 is 14.2 Å². The number of hydrogen-bond acceptors (Lipinski definition) is 3. The Morgan fingerprint density at radius 2 is 1.90 bits per heavy atom. The number of alkyl halides is 4. The molecule has 0 saturated carbocycles. The summed E-state index contributed by atoms with van der Waals surface area (Å²) < 4.78 is 50.8. The lowest BCUT2D eigenvalue weighted by molar-refractivity contribution is -0.174. The highest BCUT2D eigenvalue weighted by atomic mass is 79.9. The van der Waals surface area contributed by atoms with E-state index in [4.69, 9.17) is 21.1 Å². The van der Waals surface area contributed by atoms with E-state index in [9.17, 15) is 13.2 Å². The number of hydrogen-bond donors (Lipinski definition) is 0. The molecule has 120 valence electrons. The van der Waals surface area contributed by atoms with Gasteiger partial charge in [-0.3, -0.25) is 0 Å². The molecule has 21 heavy (non-hydrogen) atoms. The van der Waals surface area contributed by atoms with Gasteiger partial charge in [-0.1, -0.05) is 33.6 Å². The molecule has 1 atom stereocenters. The van der Waals surface area contributed by atoms with E-state index < -0.39 is 12.8 Å². The average molecular weight is 392 g/mol. The predicted molar refractivity (Wildman–Crippen MR) is 77.7 cm³/mol. The molecule has 0 aliphatic heterocycles. The molecule has 0 heterocycles. The molecule has 0 aliphatic carbocycles. The van der Waals surface area contributed by atoms with Gasteiger partial charge in [-0.2, -0.15) is 13.2 Å². The van der Waals surface area contributed by atoms with Gasteiger partial charge >= 0.3 is 6.18 Å². The Morgan fingerprint density at radius 3 is 2.43 bits per heavy atom. The summed E-state index contributed by atoms with van der Waals surface area (Å²) >= 11 is 9.53. The van der Waals surface area contributed by atoms with Crippen molar-refractivity contribution in [2.75, 3.05) is 27.4 Å². The minimum Gasteiger partial charge on any atom is -0.495 e. The number of rotatable bonds is 7. The fourth-order valence-electron chi connectivity index (χ4n) is 1.69. The Labute approximate surface area is 134 Å². The lowest BCUT2D eigenvalue weighted by atomic mass is 10.1. The first kappa shape index (κ1) is 18.4. The Morgan fingerprint density at radius 1 is 1.24 bits per heavy atom. The first-order valence-electron chi connectivity index (χ1n) is 5.99. The summed E-state index contributed by atoms with van der Waals surface area (Å²) in [5.74, 6) is 0.888. The zero-order valence-electron chi connectivity index (χ0n) is 11.5. The highest BCUT2D eigenvalue weighted by molar-refractivity contribution is 9.09. The Balaban J connectivity index is 2.70. The summed E-state index contributed by atoms with van der Waals surface area (Å²) in [5, 5.41) is 0.318. The summed E-state index contributed by atoms with van der Waals surface area (Å²) in [5.41, 5.74) is 0.721. The SMILES string of the molecule is COc1ccc(C(Br)CCOCC(F)(F)F)c(OC)c1Cl. The quantitative estimate of drug-likeness (QED) is 0.495. The van der Waals surface area contributed by atoms with Crippen LogP contribution < -0.4 is 9.47 Å². The lowest BCUT2D eigenvalue weighted by Crippen LogP contribution is -2.17. The van der Waals surface area contributed by atoms with Gasteiger partial charge in [0.1, 0.15) is 23.1 Å². The summed E-state index contributed by atoms with van der Waals surface area (Å²) in [7, 11) is 2.95. The van der Waals surface area contributed by atoms with Gasteiger partial charge in [-0.25, -0.2) is 0 Å². The maximum absolute atomic E-state index is 12.0. The van der Waals surface area contributed by atoms with Gasteiger partial charge in [-0.15, -0.1) is 0 Å². The minimum atomic E-state index is -4.32. The molecule has 0 fully saturated rings. The van der Waals surface area contributed by atoms with Crippen LogP contribution in [0.2, 0.25) is 5.02 Å². The fourth-order valence-corrected chi connectivity index (χ4v) is 2.57. The van der Waals surface area contributed by atoms with E-state index >= 15 is 0 Å². The summed E-state index contributed by atoms with van der Waals surface area (Å²) in [4.78, 5) is -0.246. The molecule has 0 radical (unpaired) electrons. The van der Waals surface area contributed by atoms with Crippen LogP contribution in [0.3, 0.4) is 0 Å². The first-order chi connectivity index (χ1) is 9.80. The third-order valence-electron chi connectivity index (χ3n) is 2.63. The Kier molecular flexibility index (Phi) is 7.09. The van der Waals surface area contributed by atoms with Crippen LogP contribution in [0.15, 0.2) is 12.1 Å². The molecule has 1 rings (SSSR count). The van der Waals surface area contributed by atoms with E-state index in [2.05, 4.69) is 20.7 Å². The molecular weight excluding hydrogens is 376 g/mol. The molecule has 1 aromatic carbocycles. The maximum atomic E-state index is 12.0. The van der Waals surface area contributed by atoms with Crippen LogP contribution in [0.4, 0.5) is 13.2 Å².